The predicted molar refractivity (Wildman–Crippen MR) is 189 cm³/mol. The Labute approximate surface area is 269 Å². The molecule has 0 amide bonds. The van der Waals surface area contributed by atoms with Gasteiger partial charge < -0.3 is 0 Å². The van der Waals surface area contributed by atoms with Gasteiger partial charge in [0.25, 0.3) is 0 Å². The summed E-state index contributed by atoms with van der Waals surface area (Å²) in [5.41, 5.74) is 16.2. The van der Waals surface area contributed by atoms with Crippen molar-refractivity contribution in [1.29, 1.82) is 0 Å². The van der Waals surface area contributed by atoms with Crippen LogP contribution >= 0.6 is 0 Å². The zero-order valence-corrected chi connectivity index (χ0v) is 25.3. The van der Waals surface area contributed by atoms with E-state index in [1.165, 1.54) is 50.1 Å². The van der Waals surface area contributed by atoms with Gasteiger partial charge in [0.15, 0.2) is 5.82 Å². The summed E-state index contributed by atoms with van der Waals surface area (Å²) >= 11 is 0. The number of hydrogen-bond acceptors (Lipinski definition) is 2. The molecule has 0 radical (unpaired) electrons. The molecule has 1 spiro atoms. The van der Waals surface area contributed by atoms with Gasteiger partial charge in [0.1, 0.15) is 0 Å². The Morgan fingerprint density at radius 3 is 1.63 bits per heavy atom. The van der Waals surface area contributed by atoms with E-state index in [4.69, 9.17) is 9.97 Å². The first-order chi connectivity index (χ1) is 22.8. The fourth-order valence-corrected chi connectivity index (χ4v) is 7.71. The van der Waals surface area contributed by atoms with Gasteiger partial charge in [-0.3, -0.25) is 0 Å². The van der Waals surface area contributed by atoms with Crippen LogP contribution in [-0.4, -0.2) is 9.97 Å². The minimum Gasteiger partial charge on any atom is -0.228 e. The van der Waals surface area contributed by atoms with Gasteiger partial charge in [-0.05, 0) is 68.6 Å². The van der Waals surface area contributed by atoms with Crippen molar-refractivity contribution < 1.29 is 0 Å². The molecule has 1 unspecified atom stereocenters. The maximum atomic E-state index is 5.19. The third kappa shape index (κ3) is 3.83. The highest BCUT2D eigenvalue weighted by Crippen LogP contribution is 2.63. The Morgan fingerprint density at radius 1 is 0.457 bits per heavy atom. The van der Waals surface area contributed by atoms with E-state index >= 15 is 0 Å². The maximum Gasteiger partial charge on any atom is 0.160 e. The molecule has 0 aliphatic heterocycles. The second-order valence-corrected chi connectivity index (χ2v) is 12.2. The number of aromatic nitrogens is 2. The highest BCUT2D eigenvalue weighted by molar-refractivity contribution is 5.96. The van der Waals surface area contributed by atoms with Crippen LogP contribution in [0.25, 0.3) is 56.2 Å². The summed E-state index contributed by atoms with van der Waals surface area (Å²) < 4.78 is 0. The van der Waals surface area contributed by atoms with E-state index in [0.29, 0.717) is 0 Å². The zero-order valence-electron chi connectivity index (χ0n) is 25.3. The minimum atomic E-state index is -0.431. The standard InChI is InChI=1S/C44H30N2/c1-2-13-29-22-25-39-36(26-29)34-19-10-12-21-38(34)44(39)37-20-11-9-18-33(37)35-24-23-32(27-40(35)44)43-45-41(30-14-5-3-6-15-30)28-42(46-43)31-16-7-4-8-17-31/h2-12,14-28H,1,13H2. The summed E-state index contributed by atoms with van der Waals surface area (Å²) in [6.07, 6.45) is 2.83. The molecule has 2 heteroatoms. The number of hydrogen-bond donors (Lipinski definition) is 0. The lowest BCUT2D eigenvalue weighted by molar-refractivity contribution is 0.793. The SMILES string of the molecule is C=CCc1ccc2c(c1)-c1ccccc1C21c2ccccc2-c2ccc(-c3nc(-c4ccccc4)cc(-c4ccccc4)n3)cc21. The molecule has 0 fully saturated rings. The second kappa shape index (κ2) is 10.4. The lowest BCUT2D eigenvalue weighted by Gasteiger charge is -2.30. The molecular weight excluding hydrogens is 556 g/mol. The van der Waals surface area contributed by atoms with E-state index < -0.39 is 5.41 Å². The summed E-state index contributed by atoms with van der Waals surface area (Å²) in [5, 5.41) is 0. The fourth-order valence-electron chi connectivity index (χ4n) is 7.71. The van der Waals surface area contributed by atoms with E-state index in [9.17, 15) is 0 Å². The molecule has 2 aliphatic rings. The van der Waals surface area contributed by atoms with Crippen LogP contribution < -0.4 is 0 Å². The van der Waals surface area contributed by atoms with Crippen molar-refractivity contribution in [1.82, 2.24) is 9.97 Å². The van der Waals surface area contributed by atoms with Crippen molar-refractivity contribution in [2.75, 3.05) is 0 Å². The van der Waals surface area contributed by atoms with Gasteiger partial charge in [0, 0.05) is 16.7 Å². The van der Waals surface area contributed by atoms with Gasteiger partial charge in [0.05, 0.1) is 16.8 Å². The van der Waals surface area contributed by atoms with Gasteiger partial charge in [-0.25, -0.2) is 9.97 Å². The van der Waals surface area contributed by atoms with Crippen LogP contribution in [0.15, 0.2) is 164 Å². The van der Waals surface area contributed by atoms with Crippen LogP contribution in [0, 0.1) is 0 Å². The van der Waals surface area contributed by atoms with Crippen LogP contribution in [-0.2, 0) is 11.8 Å². The van der Waals surface area contributed by atoms with Crippen molar-refractivity contribution in [2.45, 2.75) is 11.8 Å². The Bertz CT molecular complexity index is 2240. The Balaban J connectivity index is 1.31. The van der Waals surface area contributed by atoms with E-state index in [2.05, 4.69) is 146 Å². The van der Waals surface area contributed by atoms with Crippen LogP contribution in [0.2, 0.25) is 0 Å². The normalized spacial score (nSPS) is 15.2. The van der Waals surface area contributed by atoms with Crippen LogP contribution in [0.4, 0.5) is 0 Å². The average molecular weight is 587 g/mol. The van der Waals surface area contributed by atoms with Gasteiger partial charge in [0.2, 0.25) is 0 Å². The maximum absolute atomic E-state index is 5.19. The predicted octanol–water partition coefficient (Wildman–Crippen LogP) is 10.5. The summed E-state index contributed by atoms with van der Waals surface area (Å²) in [5.74, 6) is 0.724. The molecule has 46 heavy (non-hydrogen) atoms. The minimum absolute atomic E-state index is 0.431. The van der Waals surface area contributed by atoms with Gasteiger partial charge >= 0.3 is 0 Å². The molecule has 6 aromatic carbocycles. The fraction of sp³-hybridized carbons (Fsp3) is 0.0455. The molecule has 0 bridgehead atoms. The second-order valence-electron chi connectivity index (χ2n) is 12.2. The van der Waals surface area contributed by atoms with Crippen LogP contribution in [0.3, 0.4) is 0 Å². The molecule has 2 aliphatic carbocycles. The first-order valence-electron chi connectivity index (χ1n) is 15.8. The molecule has 0 saturated heterocycles. The van der Waals surface area contributed by atoms with Crippen LogP contribution in [0.1, 0.15) is 27.8 Å². The Morgan fingerprint density at radius 2 is 1.00 bits per heavy atom. The van der Waals surface area contributed by atoms with Crippen molar-refractivity contribution in [2.24, 2.45) is 0 Å². The monoisotopic (exact) mass is 586 g/mol. The molecule has 2 nitrogen and oxygen atoms in total. The first-order valence-corrected chi connectivity index (χ1v) is 15.8. The number of benzene rings is 6. The lowest BCUT2D eigenvalue weighted by Crippen LogP contribution is -2.26. The largest absolute Gasteiger partial charge is 0.228 e. The molecular formula is C44H30N2. The Hall–Kier alpha value is -5.86. The molecule has 0 N–H and O–H groups in total. The topological polar surface area (TPSA) is 25.8 Å². The van der Waals surface area contributed by atoms with E-state index in [1.54, 1.807) is 0 Å². The summed E-state index contributed by atoms with van der Waals surface area (Å²) in [4.78, 5) is 10.4. The number of fused-ring (bicyclic) bond motifs is 10. The third-order valence-corrected chi connectivity index (χ3v) is 9.66. The van der Waals surface area contributed by atoms with E-state index in [-0.39, 0.29) is 0 Å². The molecule has 0 saturated carbocycles. The van der Waals surface area contributed by atoms with Gasteiger partial charge in [-0.2, -0.15) is 0 Å². The number of nitrogens with zero attached hydrogens (tertiary/aromatic N) is 2. The first kappa shape index (κ1) is 26.5. The third-order valence-electron chi connectivity index (χ3n) is 9.66. The average Bonchev–Trinajstić information content (AvgIpc) is 3.59. The summed E-state index contributed by atoms with van der Waals surface area (Å²) in [6, 6.07) is 54.6. The molecule has 1 aromatic heterocycles. The van der Waals surface area contributed by atoms with Crippen molar-refractivity contribution in [3.05, 3.63) is 192 Å². The highest BCUT2D eigenvalue weighted by atomic mass is 14.9. The van der Waals surface area contributed by atoms with Crippen molar-refractivity contribution in [3.8, 4) is 56.2 Å². The quantitative estimate of drug-likeness (QED) is 0.188. The van der Waals surface area contributed by atoms with Crippen LogP contribution in [0.5, 0.6) is 0 Å². The van der Waals surface area contributed by atoms with Gasteiger partial charge in [-0.15, -0.1) is 6.58 Å². The highest BCUT2D eigenvalue weighted by Gasteiger charge is 2.51. The number of rotatable bonds is 5. The van der Waals surface area contributed by atoms with Gasteiger partial charge in [-0.1, -0.05) is 146 Å². The summed E-state index contributed by atoms with van der Waals surface area (Å²) in [7, 11) is 0. The summed E-state index contributed by atoms with van der Waals surface area (Å²) in [6.45, 7) is 4.00. The molecule has 9 rings (SSSR count). The van der Waals surface area contributed by atoms with Crippen molar-refractivity contribution >= 4 is 0 Å². The number of allylic oxidation sites excluding steroid dienone is 1. The molecule has 7 aromatic rings. The molecule has 216 valence electrons. The Kier molecular flexibility index (Phi) is 5.97. The molecule has 1 atom stereocenters. The lowest BCUT2D eigenvalue weighted by atomic mass is 9.70. The van der Waals surface area contributed by atoms with E-state index in [0.717, 1.165) is 40.3 Å². The molecule has 1 heterocycles. The van der Waals surface area contributed by atoms with E-state index in [1.807, 2.05) is 18.2 Å². The van der Waals surface area contributed by atoms with Crippen molar-refractivity contribution in [3.63, 3.8) is 0 Å². The zero-order chi connectivity index (χ0) is 30.7. The smallest absolute Gasteiger partial charge is 0.160 e.